The average molecular weight is 484 g/mol. The highest BCUT2D eigenvalue weighted by Crippen LogP contribution is 2.21. The fraction of sp³-hybridized carbons (Fsp3) is 0.300. The lowest BCUT2D eigenvalue weighted by Crippen LogP contribution is -2.45. The van der Waals surface area contributed by atoms with Crippen molar-refractivity contribution in [2.75, 3.05) is 25.0 Å². The van der Waals surface area contributed by atoms with Crippen molar-refractivity contribution < 1.29 is 14.4 Å². The van der Waals surface area contributed by atoms with E-state index in [1.807, 2.05) is 43.3 Å². The normalized spacial score (nSPS) is 15.2. The second-order valence-electron chi connectivity index (χ2n) is 9.32. The number of nitrogens with zero attached hydrogens (tertiary/aromatic N) is 1. The molecule has 0 unspecified atom stereocenters. The van der Waals surface area contributed by atoms with Gasteiger partial charge in [0.25, 0.3) is 11.8 Å². The Labute approximate surface area is 212 Å². The smallest absolute Gasteiger partial charge is 0.255 e. The predicted octanol–water partition coefficient (Wildman–Crippen LogP) is 4.85. The molecule has 0 aromatic heterocycles. The highest BCUT2D eigenvalue weighted by atomic mass is 16.2. The minimum atomic E-state index is -0.209. The van der Waals surface area contributed by atoms with E-state index in [0.717, 1.165) is 31.2 Å². The summed E-state index contributed by atoms with van der Waals surface area (Å²) in [7, 11) is 0. The van der Waals surface area contributed by atoms with Crippen LogP contribution in [-0.4, -0.2) is 42.3 Å². The van der Waals surface area contributed by atoms with Crippen LogP contribution < -0.4 is 10.6 Å². The number of piperidine rings is 1. The van der Waals surface area contributed by atoms with Gasteiger partial charge in [-0.2, -0.15) is 0 Å². The molecular formula is C30H33N3O3. The molecule has 1 atom stereocenters. The molecule has 0 aliphatic carbocycles. The first kappa shape index (κ1) is 25.2. The van der Waals surface area contributed by atoms with Crippen molar-refractivity contribution in [3.05, 3.63) is 101 Å². The van der Waals surface area contributed by atoms with E-state index in [4.69, 9.17) is 0 Å². The van der Waals surface area contributed by atoms with Gasteiger partial charge in [0.2, 0.25) is 5.91 Å². The van der Waals surface area contributed by atoms with E-state index in [2.05, 4.69) is 22.8 Å². The number of hydrogen-bond acceptors (Lipinski definition) is 3. The fourth-order valence-electron chi connectivity index (χ4n) is 4.61. The predicted molar refractivity (Wildman–Crippen MR) is 142 cm³/mol. The number of nitrogens with one attached hydrogen (secondary N) is 2. The maximum absolute atomic E-state index is 13.2. The summed E-state index contributed by atoms with van der Waals surface area (Å²) in [5, 5.41) is 5.94. The van der Waals surface area contributed by atoms with Crippen molar-refractivity contribution >= 4 is 23.4 Å². The molecule has 0 bridgehead atoms. The zero-order chi connectivity index (χ0) is 25.3. The third-order valence-electron chi connectivity index (χ3n) is 6.62. The quantitative estimate of drug-likeness (QED) is 0.450. The van der Waals surface area contributed by atoms with E-state index in [1.54, 1.807) is 35.2 Å². The zero-order valence-electron chi connectivity index (χ0n) is 20.7. The first-order valence-corrected chi connectivity index (χ1v) is 12.6. The third-order valence-corrected chi connectivity index (χ3v) is 6.62. The number of carbonyl (C=O) groups excluding carboxylic acids is 3. The molecule has 0 radical (unpaired) electrons. The van der Waals surface area contributed by atoms with Gasteiger partial charge in [0.1, 0.15) is 0 Å². The summed E-state index contributed by atoms with van der Waals surface area (Å²) >= 11 is 0. The topological polar surface area (TPSA) is 78.5 Å². The standard InChI is InChI=1S/C30H33N3O3/c1-22-10-5-6-17-27(22)29(35)32-26-16-7-14-24(20-26)30(36)33-19-9-15-25(21-33)28(34)31-18-8-13-23-11-3-2-4-12-23/h2-7,10-12,14,16-17,20,25H,8-9,13,15,18-19,21H2,1H3,(H,31,34)(H,32,35)/t25-/m0/s1. The summed E-state index contributed by atoms with van der Waals surface area (Å²) in [6.45, 7) is 3.54. The zero-order valence-corrected chi connectivity index (χ0v) is 20.7. The molecule has 3 aromatic rings. The number of benzene rings is 3. The van der Waals surface area contributed by atoms with Crippen molar-refractivity contribution in [2.45, 2.75) is 32.6 Å². The molecular weight excluding hydrogens is 450 g/mol. The Hall–Kier alpha value is -3.93. The molecule has 6 heteroatoms. The summed E-state index contributed by atoms with van der Waals surface area (Å²) in [6.07, 6.45) is 3.37. The summed E-state index contributed by atoms with van der Waals surface area (Å²) in [5.41, 5.74) is 3.82. The first-order chi connectivity index (χ1) is 17.5. The van der Waals surface area contributed by atoms with E-state index in [-0.39, 0.29) is 23.6 Å². The van der Waals surface area contributed by atoms with E-state index >= 15 is 0 Å². The van der Waals surface area contributed by atoms with Crippen LogP contribution in [0.4, 0.5) is 5.69 Å². The average Bonchev–Trinajstić information content (AvgIpc) is 2.91. The van der Waals surface area contributed by atoms with Crippen LogP contribution in [0.25, 0.3) is 0 Å². The second kappa shape index (κ2) is 12.2. The second-order valence-corrected chi connectivity index (χ2v) is 9.32. The minimum Gasteiger partial charge on any atom is -0.356 e. The van der Waals surface area contributed by atoms with Gasteiger partial charge in [0.05, 0.1) is 5.92 Å². The summed E-state index contributed by atoms with van der Waals surface area (Å²) in [6, 6.07) is 24.6. The molecule has 1 heterocycles. The monoisotopic (exact) mass is 483 g/mol. The van der Waals surface area contributed by atoms with Crippen molar-refractivity contribution in [3.8, 4) is 0 Å². The van der Waals surface area contributed by atoms with Gasteiger partial charge in [-0.3, -0.25) is 14.4 Å². The maximum atomic E-state index is 13.2. The lowest BCUT2D eigenvalue weighted by molar-refractivity contribution is -0.126. The molecule has 1 aliphatic rings. The van der Waals surface area contributed by atoms with Gasteiger partial charge in [0, 0.05) is 36.4 Å². The maximum Gasteiger partial charge on any atom is 0.255 e. The lowest BCUT2D eigenvalue weighted by Gasteiger charge is -2.32. The molecule has 2 N–H and O–H groups in total. The molecule has 3 amide bonds. The number of likely N-dealkylation sites (tertiary alicyclic amines) is 1. The van der Waals surface area contributed by atoms with Gasteiger partial charge in [0.15, 0.2) is 0 Å². The Morgan fingerprint density at radius 2 is 1.72 bits per heavy atom. The molecule has 0 spiro atoms. The van der Waals surface area contributed by atoms with Crippen LogP contribution in [0.15, 0.2) is 78.9 Å². The van der Waals surface area contributed by atoms with Crippen LogP contribution in [0.2, 0.25) is 0 Å². The van der Waals surface area contributed by atoms with Crippen LogP contribution >= 0.6 is 0 Å². The number of aryl methyl sites for hydroxylation is 2. The number of carbonyl (C=O) groups is 3. The van der Waals surface area contributed by atoms with Gasteiger partial charge < -0.3 is 15.5 Å². The number of rotatable bonds is 8. The number of anilines is 1. The van der Waals surface area contributed by atoms with Gasteiger partial charge >= 0.3 is 0 Å². The molecule has 0 saturated carbocycles. The molecule has 1 fully saturated rings. The summed E-state index contributed by atoms with van der Waals surface area (Å²) < 4.78 is 0. The Kier molecular flexibility index (Phi) is 8.50. The molecule has 186 valence electrons. The van der Waals surface area contributed by atoms with Gasteiger partial charge in [-0.25, -0.2) is 0 Å². The number of amides is 3. The molecule has 6 nitrogen and oxygen atoms in total. The molecule has 3 aromatic carbocycles. The van der Waals surface area contributed by atoms with Gasteiger partial charge in [-0.05, 0) is 68.0 Å². The highest BCUT2D eigenvalue weighted by Gasteiger charge is 2.29. The van der Waals surface area contributed by atoms with Crippen molar-refractivity contribution in [1.29, 1.82) is 0 Å². The van der Waals surface area contributed by atoms with Crippen LogP contribution in [0, 0.1) is 12.8 Å². The van der Waals surface area contributed by atoms with E-state index in [1.165, 1.54) is 5.56 Å². The fourth-order valence-corrected chi connectivity index (χ4v) is 4.61. The summed E-state index contributed by atoms with van der Waals surface area (Å²) in [4.78, 5) is 40.4. The largest absolute Gasteiger partial charge is 0.356 e. The first-order valence-electron chi connectivity index (χ1n) is 12.6. The molecule has 1 saturated heterocycles. The molecule has 1 aliphatic heterocycles. The van der Waals surface area contributed by atoms with Crippen LogP contribution in [0.3, 0.4) is 0 Å². The Balaban J connectivity index is 1.30. The van der Waals surface area contributed by atoms with Gasteiger partial charge in [-0.1, -0.05) is 54.6 Å². The molecule has 4 rings (SSSR count). The summed E-state index contributed by atoms with van der Waals surface area (Å²) in [5.74, 6) is -0.522. The Bertz CT molecular complexity index is 1210. The van der Waals surface area contributed by atoms with Crippen LogP contribution in [0.5, 0.6) is 0 Å². The third kappa shape index (κ3) is 6.60. The Morgan fingerprint density at radius 1 is 0.944 bits per heavy atom. The van der Waals surface area contributed by atoms with Crippen LogP contribution in [-0.2, 0) is 11.2 Å². The Morgan fingerprint density at radius 3 is 2.53 bits per heavy atom. The van der Waals surface area contributed by atoms with Crippen molar-refractivity contribution in [1.82, 2.24) is 10.2 Å². The van der Waals surface area contributed by atoms with Gasteiger partial charge in [-0.15, -0.1) is 0 Å². The lowest BCUT2D eigenvalue weighted by atomic mass is 9.96. The van der Waals surface area contributed by atoms with Crippen LogP contribution in [0.1, 0.15) is 51.1 Å². The highest BCUT2D eigenvalue weighted by molar-refractivity contribution is 6.06. The molecule has 36 heavy (non-hydrogen) atoms. The van der Waals surface area contributed by atoms with Crippen molar-refractivity contribution in [2.24, 2.45) is 5.92 Å². The van der Waals surface area contributed by atoms with E-state index in [9.17, 15) is 14.4 Å². The van der Waals surface area contributed by atoms with E-state index < -0.39 is 0 Å². The van der Waals surface area contributed by atoms with E-state index in [0.29, 0.717) is 36.4 Å². The minimum absolute atomic E-state index is 0.0137. The van der Waals surface area contributed by atoms with Crippen molar-refractivity contribution in [3.63, 3.8) is 0 Å². The number of hydrogen-bond donors (Lipinski definition) is 2. The SMILES string of the molecule is Cc1ccccc1C(=O)Nc1cccc(C(=O)N2CCC[C@H](C(=O)NCCCc3ccccc3)C2)c1.